The molecule has 2 aliphatic heterocycles. The van der Waals surface area contributed by atoms with Crippen LogP contribution >= 0.6 is 0 Å². The number of likely N-dealkylation sites (tertiary alicyclic amines) is 2. The molecule has 1 N–H and O–H groups in total. The second-order valence-electron chi connectivity index (χ2n) is 8.76. The molecule has 2 aromatic rings. The average Bonchev–Trinajstić information content (AvgIpc) is 3.06. The number of amides is 2. The molecule has 0 spiro atoms. The second-order valence-corrected chi connectivity index (χ2v) is 8.76. The van der Waals surface area contributed by atoms with Gasteiger partial charge in [-0.3, -0.25) is 14.5 Å². The molecule has 0 saturated carbocycles. The Morgan fingerprint density at radius 3 is 2.34 bits per heavy atom. The molecule has 2 fully saturated rings. The number of benzene rings is 2. The van der Waals surface area contributed by atoms with Gasteiger partial charge >= 0.3 is 0 Å². The lowest BCUT2D eigenvalue weighted by atomic mass is 10.0. The number of hydrogen-bond acceptors (Lipinski definition) is 4. The number of halogens is 2. The van der Waals surface area contributed by atoms with Crippen LogP contribution < -0.4 is 10.2 Å². The maximum atomic E-state index is 14.2. The zero-order valence-electron chi connectivity index (χ0n) is 18.3. The standard InChI is InChI=1S/C24H28F2N4O2/c1-28(2)19-10-8-17(9-11-19)13-27-22(31)21-12-24(25,26)16-30(21)20-14-29(15-20)23(32)18-6-4-3-5-7-18/h3-11,20-21H,12-16H2,1-2H3,(H,27,31). The Morgan fingerprint density at radius 1 is 1.06 bits per heavy atom. The van der Waals surface area contributed by atoms with Crippen LogP contribution in [0.1, 0.15) is 22.3 Å². The van der Waals surface area contributed by atoms with Gasteiger partial charge in [0.05, 0.1) is 12.6 Å². The van der Waals surface area contributed by atoms with Gasteiger partial charge in [0.25, 0.3) is 11.8 Å². The maximum Gasteiger partial charge on any atom is 0.262 e. The van der Waals surface area contributed by atoms with Crippen LogP contribution in [0.3, 0.4) is 0 Å². The monoisotopic (exact) mass is 442 g/mol. The number of hydrogen-bond donors (Lipinski definition) is 1. The molecule has 0 radical (unpaired) electrons. The van der Waals surface area contributed by atoms with E-state index in [4.69, 9.17) is 0 Å². The van der Waals surface area contributed by atoms with Crippen molar-refractivity contribution < 1.29 is 18.4 Å². The number of nitrogens with zero attached hydrogens (tertiary/aromatic N) is 3. The summed E-state index contributed by atoms with van der Waals surface area (Å²) in [7, 11) is 3.89. The van der Waals surface area contributed by atoms with Crippen molar-refractivity contribution in [2.75, 3.05) is 38.6 Å². The summed E-state index contributed by atoms with van der Waals surface area (Å²) < 4.78 is 28.4. The van der Waals surface area contributed by atoms with Crippen molar-refractivity contribution >= 4 is 17.5 Å². The number of carbonyl (C=O) groups excluding carboxylic acids is 2. The van der Waals surface area contributed by atoms with E-state index in [-0.39, 0.29) is 18.5 Å². The summed E-state index contributed by atoms with van der Waals surface area (Å²) in [5.41, 5.74) is 2.53. The summed E-state index contributed by atoms with van der Waals surface area (Å²) >= 11 is 0. The molecule has 6 nitrogen and oxygen atoms in total. The molecule has 2 saturated heterocycles. The number of anilines is 1. The van der Waals surface area contributed by atoms with E-state index < -0.39 is 30.8 Å². The van der Waals surface area contributed by atoms with E-state index in [1.165, 1.54) is 0 Å². The molecule has 32 heavy (non-hydrogen) atoms. The summed E-state index contributed by atoms with van der Waals surface area (Å²) in [6, 6.07) is 15.5. The Labute approximate surface area is 186 Å². The predicted octanol–water partition coefficient (Wildman–Crippen LogP) is 2.60. The van der Waals surface area contributed by atoms with E-state index in [0.29, 0.717) is 18.7 Å². The van der Waals surface area contributed by atoms with Crippen molar-refractivity contribution in [3.8, 4) is 0 Å². The molecule has 1 unspecified atom stereocenters. The highest BCUT2D eigenvalue weighted by Crippen LogP contribution is 2.35. The lowest BCUT2D eigenvalue weighted by molar-refractivity contribution is -0.127. The molecule has 2 amide bonds. The van der Waals surface area contributed by atoms with Crippen molar-refractivity contribution in [3.05, 3.63) is 65.7 Å². The molecule has 1 atom stereocenters. The van der Waals surface area contributed by atoms with Crippen LogP contribution in [0.25, 0.3) is 0 Å². The summed E-state index contributed by atoms with van der Waals surface area (Å²) in [4.78, 5) is 30.5. The highest BCUT2D eigenvalue weighted by atomic mass is 19.3. The number of rotatable bonds is 6. The van der Waals surface area contributed by atoms with Gasteiger partial charge in [-0.05, 0) is 29.8 Å². The summed E-state index contributed by atoms with van der Waals surface area (Å²) in [6.45, 7) is 0.519. The Balaban J connectivity index is 1.35. The van der Waals surface area contributed by atoms with E-state index >= 15 is 0 Å². The molecule has 2 aliphatic rings. The Hall–Kier alpha value is -3.00. The molecule has 2 aromatic carbocycles. The van der Waals surface area contributed by atoms with Crippen LogP contribution in [0.2, 0.25) is 0 Å². The van der Waals surface area contributed by atoms with Gasteiger partial charge in [-0.25, -0.2) is 8.78 Å². The van der Waals surface area contributed by atoms with Crippen molar-refractivity contribution in [1.29, 1.82) is 0 Å². The summed E-state index contributed by atoms with van der Waals surface area (Å²) in [6.07, 6.45) is -0.498. The molecule has 0 bridgehead atoms. The average molecular weight is 443 g/mol. The van der Waals surface area contributed by atoms with Crippen LogP contribution in [0.4, 0.5) is 14.5 Å². The van der Waals surface area contributed by atoms with Gasteiger partial charge in [0.15, 0.2) is 0 Å². The molecule has 8 heteroatoms. The molecule has 0 aliphatic carbocycles. The van der Waals surface area contributed by atoms with Crippen LogP contribution in [-0.2, 0) is 11.3 Å². The highest BCUT2D eigenvalue weighted by Gasteiger charge is 2.52. The fourth-order valence-electron chi connectivity index (χ4n) is 4.28. The molecular weight excluding hydrogens is 414 g/mol. The van der Waals surface area contributed by atoms with Gasteiger partial charge in [0.2, 0.25) is 5.91 Å². The van der Waals surface area contributed by atoms with Gasteiger partial charge in [0, 0.05) is 57.4 Å². The fourth-order valence-corrected chi connectivity index (χ4v) is 4.28. The minimum absolute atomic E-state index is 0.116. The quantitative estimate of drug-likeness (QED) is 0.747. The van der Waals surface area contributed by atoms with E-state index in [1.54, 1.807) is 34.1 Å². The highest BCUT2D eigenvalue weighted by molar-refractivity contribution is 5.94. The number of carbonyl (C=O) groups is 2. The van der Waals surface area contributed by atoms with Crippen molar-refractivity contribution in [2.45, 2.75) is 31.0 Å². The van der Waals surface area contributed by atoms with Crippen LogP contribution in [-0.4, -0.2) is 73.4 Å². The lowest BCUT2D eigenvalue weighted by Crippen LogP contribution is -2.63. The van der Waals surface area contributed by atoms with Crippen LogP contribution in [0.5, 0.6) is 0 Å². The van der Waals surface area contributed by atoms with Crippen molar-refractivity contribution in [2.24, 2.45) is 0 Å². The Bertz CT molecular complexity index is 960. The summed E-state index contributed by atoms with van der Waals surface area (Å²) in [5, 5.41) is 2.81. The predicted molar refractivity (Wildman–Crippen MR) is 119 cm³/mol. The molecule has 0 aromatic heterocycles. The Morgan fingerprint density at radius 2 is 1.72 bits per heavy atom. The minimum atomic E-state index is -2.92. The minimum Gasteiger partial charge on any atom is -0.378 e. The van der Waals surface area contributed by atoms with Gasteiger partial charge in [-0.1, -0.05) is 30.3 Å². The van der Waals surface area contributed by atoms with E-state index in [0.717, 1.165) is 11.3 Å². The normalized spacial score (nSPS) is 20.6. The van der Waals surface area contributed by atoms with Crippen LogP contribution in [0, 0.1) is 0 Å². The lowest BCUT2D eigenvalue weighted by Gasteiger charge is -2.45. The van der Waals surface area contributed by atoms with Crippen LogP contribution in [0.15, 0.2) is 54.6 Å². The third kappa shape index (κ3) is 4.75. The van der Waals surface area contributed by atoms with Gasteiger partial charge in [0.1, 0.15) is 0 Å². The fraction of sp³-hybridized carbons (Fsp3) is 0.417. The van der Waals surface area contributed by atoms with E-state index in [9.17, 15) is 18.4 Å². The number of nitrogens with one attached hydrogen (secondary N) is 1. The zero-order chi connectivity index (χ0) is 22.9. The van der Waals surface area contributed by atoms with Crippen molar-refractivity contribution in [3.63, 3.8) is 0 Å². The SMILES string of the molecule is CN(C)c1ccc(CNC(=O)C2CC(F)(F)CN2C2CN(C(=O)c3ccccc3)C2)cc1. The topological polar surface area (TPSA) is 55.9 Å². The van der Waals surface area contributed by atoms with Gasteiger partial charge in [-0.2, -0.15) is 0 Å². The first-order valence-corrected chi connectivity index (χ1v) is 10.8. The smallest absolute Gasteiger partial charge is 0.262 e. The first-order valence-electron chi connectivity index (χ1n) is 10.8. The summed E-state index contributed by atoms with van der Waals surface area (Å²) in [5.74, 6) is -3.43. The molecule has 2 heterocycles. The zero-order valence-corrected chi connectivity index (χ0v) is 18.3. The molecular formula is C24H28F2N4O2. The third-order valence-corrected chi connectivity index (χ3v) is 6.17. The Kier molecular flexibility index (Phi) is 6.15. The second kappa shape index (κ2) is 8.86. The maximum absolute atomic E-state index is 14.2. The third-order valence-electron chi connectivity index (χ3n) is 6.17. The van der Waals surface area contributed by atoms with E-state index in [2.05, 4.69) is 5.32 Å². The molecule has 170 valence electrons. The van der Waals surface area contributed by atoms with Gasteiger partial charge in [-0.15, -0.1) is 0 Å². The van der Waals surface area contributed by atoms with Crippen molar-refractivity contribution in [1.82, 2.24) is 15.1 Å². The van der Waals surface area contributed by atoms with Gasteiger partial charge < -0.3 is 15.1 Å². The largest absolute Gasteiger partial charge is 0.378 e. The first kappa shape index (κ1) is 22.2. The number of alkyl halides is 2. The first-order chi connectivity index (χ1) is 15.2. The van der Waals surface area contributed by atoms with E-state index in [1.807, 2.05) is 49.3 Å². The molecule has 4 rings (SSSR count).